The molecule has 0 saturated carbocycles. The van der Waals surface area contributed by atoms with Crippen molar-refractivity contribution in [3.8, 4) is 0 Å². The Morgan fingerprint density at radius 2 is 2.00 bits per heavy atom. The number of hydrogen-bond donors (Lipinski definition) is 4. The van der Waals surface area contributed by atoms with Crippen LogP contribution in [0.3, 0.4) is 0 Å². The third-order valence-corrected chi connectivity index (χ3v) is 2.44. The van der Waals surface area contributed by atoms with Gasteiger partial charge in [-0.1, -0.05) is 0 Å². The van der Waals surface area contributed by atoms with Crippen LogP contribution in [0.15, 0.2) is 0 Å². The molecule has 0 aromatic rings. The average Bonchev–Trinajstić information content (AvgIpc) is 2.58. The van der Waals surface area contributed by atoms with Gasteiger partial charge in [0.05, 0.1) is 0 Å². The Bertz CT molecular complexity index is 275. The summed E-state index contributed by atoms with van der Waals surface area (Å²) in [6.07, 6.45) is -0.641. The van der Waals surface area contributed by atoms with E-state index in [0.717, 1.165) is 0 Å². The zero-order chi connectivity index (χ0) is 9.64. The van der Waals surface area contributed by atoms with E-state index >= 15 is 0 Å². The van der Waals surface area contributed by atoms with Gasteiger partial charge in [-0.15, -0.1) is 0 Å². The van der Waals surface area contributed by atoms with Gasteiger partial charge < -0.3 is 0 Å². The van der Waals surface area contributed by atoms with Crippen molar-refractivity contribution in [3.63, 3.8) is 0 Å². The highest BCUT2D eigenvalue weighted by molar-refractivity contribution is 6.65. The van der Waals surface area contributed by atoms with Gasteiger partial charge in [-0.2, -0.15) is 0 Å². The maximum Gasteiger partial charge on any atom is 0.285 e. The molecule has 2 aliphatic heterocycles. The lowest BCUT2D eigenvalue weighted by Crippen LogP contribution is -2.68. The number of rotatable bonds is 2. The Hall–Kier alpha value is -0.800. The Balaban J connectivity index is 2.37. The molecule has 8 nitrogen and oxygen atoms in total. The first kappa shape index (κ1) is 8.78. The summed E-state index contributed by atoms with van der Waals surface area (Å²) < 4.78 is 0. The second-order valence-electron chi connectivity index (χ2n) is 2.83. The third kappa shape index (κ3) is 0.974. The molecule has 0 radical (unpaired) electrons. The van der Waals surface area contributed by atoms with E-state index in [1.54, 1.807) is 0 Å². The van der Waals surface area contributed by atoms with Crippen LogP contribution >= 0.6 is 11.6 Å². The molecule has 9 heteroatoms. The average molecular weight is 208 g/mol. The van der Waals surface area contributed by atoms with Crippen molar-refractivity contribution in [2.75, 3.05) is 0 Å². The van der Waals surface area contributed by atoms with Crippen LogP contribution in [0.25, 0.3) is 0 Å². The summed E-state index contributed by atoms with van der Waals surface area (Å²) in [6, 6.07) is -1.16. The van der Waals surface area contributed by atoms with Crippen LogP contribution in [0.1, 0.15) is 0 Å². The summed E-state index contributed by atoms with van der Waals surface area (Å²) in [5.74, 6) is 0. The molecule has 2 rings (SSSR count). The highest BCUT2D eigenvalue weighted by Gasteiger charge is 2.66. The number of nitro groups is 1. The molecule has 1 atom stereocenters. The zero-order valence-electron chi connectivity index (χ0n) is 6.20. The minimum Gasteiger partial charge on any atom is -0.277 e. The minimum atomic E-state index is -1.55. The lowest BCUT2D eigenvalue weighted by atomic mass is 10.1. The van der Waals surface area contributed by atoms with Gasteiger partial charge in [-0.25, -0.2) is 21.7 Å². The largest absolute Gasteiger partial charge is 0.285 e. The molecule has 0 amide bonds. The van der Waals surface area contributed by atoms with E-state index in [1.165, 1.54) is 0 Å². The van der Waals surface area contributed by atoms with Crippen molar-refractivity contribution in [2.45, 2.75) is 17.9 Å². The van der Waals surface area contributed by atoms with Crippen LogP contribution in [0, 0.1) is 10.1 Å². The summed E-state index contributed by atoms with van der Waals surface area (Å²) in [5, 5.41) is 9.75. The predicted octanol–water partition coefficient (Wildman–Crippen LogP) is -2.36. The van der Waals surface area contributed by atoms with E-state index in [1.807, 2.05) is 0 Å². The topological polar surface area (TPSA) is 108 Å². The number of carbonyl (C=O) groups is 1. The normalized spacial score (nSPS) is 42.2. The molecule has 13 heavy (non-hydrogen) atoms. The summed E-state index contributed by atoms with van der Waals surface area (Å²) in [4.78, 5) is 21.0. The molecule has 4 N–H and O–H groups in total. The summed E-state index contributed by atoms with van der Waals surface area (Å²) in [5.41, 5.74) is 8.44. The number of hydrazine groups is 2. The van der Waals surface area contributed by atoms with Crippen molar-refractivity contribution in [1.82, 2.24) is 21.7 Å². The standard InChI is InChI=1S/C4H6ClN5O3/c5-3(11)4-1(10(12)13)2(6-8-4)7-9-4/h1-2,6-9H. The first-order chi connectivity index (χ1) is 6.08. The SMILES string of the molecule is O=C(Cl)C12NNC(NN1)C2[N+](=O)[O-]. The van der Waals surface area contributed by atoms with Crippen LogP contribution in [-0.2, 0) is 4.79 Å². The molecule has 2 aliphatic rings. The van der Waals surface area contributed by atoms with Gasteiger partial charge >= 0.3 is 0 Å². The van der Waals surface area contributed by atoms with Crippen LogP contribution in [0.2, 0.25) is 0 Å². The lowest BCUT2D eigenvalue weighted by Gasteiger charge is -2.22. The number of nitrogens with one attached hydrogen (secondary N) is 4. The van der Waals surface area contributed by atoms with Gasteiger partial charge in [0.1, 0.15) is 0 Å². The summed E-state index contributed by atoms with van der Waals surface area (Å²) >= 11 is 5.26. The van der Waals surface area contributed by atoms with Gasteiger partial charge in [-0.05, 0) is 11.6 Å². The highest BCUT2D eigenvalue weighted by Crippen LogP contribution is 2.24. The first-order valence-electron chi connectivity index (χ1n) is 3.47. The second kappa shape index (κ2) is 2.59. The van der Waals surface area contributed by atoms with E-state index in [0.29, 0.717) is 0 Å². The molecular formula is C4H6ClN5O3. The quantitative estimate of drug-likeness (QED) is 0.228. The Morgan fingerprint density at radius 3 is 2.31 bits per heavy atom. The number of carbonyl (C=O) groups excluding carboxylic acids is 1. The van der Waals surface area contributed by atoms with E-state index in [9.17, 15) is 14.9 Å². The monoisotopic (exact) mass is 207 g/mol. The highest BCUT2D eigenvalue weighted by atomic mass is 35.5. The zero-order valence-corrected chi connectivity index (χ0v) is 6.96. The fraction of sp³-hybridized carbons (Fsp3) is 0.750. The molecule has 2 heterocycles. The Morgan fingerprint density at radius 1 is 1.46 bits per heavy atom. The maximum atomic E-state index is 11.0. The van der Waals surface area contributed by atoms with Gasteiger partial charge in [0.2, 0.25) is 5.66 Å². The molecule has 0 spiro atoms. The fourth-order valence-electron chi connectivity index (χ4n) is 1.50. The van der Waals surface area contributed by atoms with Gasteiger partial charge in [0.15, 0.2) is 6.17 Å². The molecule has 2 bridgehead atoms. The van der Waals surface area contributed by atoms with E-state index < -0.39 is 28.0 Å². The van der Waals surface area contributed by atoms with Gasteiger partial charge in [0.25, 0.3) is 11.3 Å². The summed E-state index contributed by atoms with van der Waals surface area (Å²) in [7, 11) is 0. The van der Waals surface area contributed by atoms with Gasteiger partial charge in [-0.3, -0.25) is 14.9 Å². The smallest absolute Gasteiger partial charge is 0.277 e. The number of fused-ring (bicyclic) bond motifs is 2. The predicted molar refractivity (Wildman–Crippen MR) is 40.7 cm³/mol. The minimum absolute atomic E-state index is 0.565. The molecule has 0 aliphatic carbocycles. The van der Waals surface area contributed by atoms with Crippen molar-refractivity contribution >= 4 is 16.8 Å². The number of halogens is 1. The Labute approximate surface area is 77.1 Å². The molecular weight excluding hydrogens is 202 g/mol. The molecule has 1 unspecified atom stereocenters. The van der Waals surface area contributed by atoms with Crippen LogP contribution < -0.4 is 21.7 Å². The first-order valence-corrected chi connectivity index (χ1v) is 3.84. The maximum absolute atomic E-state index is 11.0. The van der Waals surface area contributed by atoms with Crippen molar-refractivity contribution < 1.29 is 9.72 Å². The van der Waals surface area contributed by atoms with Crippen LogP contribution in [-0.4, -0.2) is 28.0 Å². The van der Waals surface area contributed by atoms with Crippen LogP contribution in [0.4, 0.5) is 0 Å². The molecule has 72 valence electrons. The fourth-order valence-corrected chi connectivity index (χ4v) is 1.71. The lowest BCUT2D eigenvalue weighted by molar-refractivity contribution is -0.526. The molecule has 0 aromatic heterocycles. The van der Waals surface area contributed by atoms with Crippen molar-refractivity contribution in [3.05, 3.63) is 10.1 Å². The van der Waals surface area contributed by atoms with E-state index in [2.05, 4.69) is 21.7 Å². The third-order valence-electron chi connectivity index (χ3n) is 2.15. The Kier molecular flexibility index (Phi) is 1.75. The van der Waals surface area contributed by atoms with E-state index in [-0.39, 0.29) is 0 Å². The molecule has 2 saturated heterocycles. The number of nitrogens with zero attached hydrogens (tertiary/aromatic N) is 1. The number of hydrogen-bond acceptors (Lipinski definition) is 7. The second-order valence-corrected chi connectivity index (χ2v) is 3.17. The summed E-state index contributed by atoms with van der Waals surface area (Å²) in [6.45, 7) is 0. The molecule has 0 aromatic carbocycles. The van der Waals surface area contributed by atoms with Crippen molar-refractivity contribution in [2.24, 2.45) is 0 Å². The van der Waals surface area contributed by atoms with Crippen LogP contribution in [0.5, 0.6) is 0 Å². The molecule has 2 fully saturated rings. The van der Waals surface area contributed by atoms with E-state index in [4.69, 9.17) is 11.6 Å². The van der Waals surface area contributed by atoms with Gasteiger partial charge in [0, 0.05) is 4.92 Å². The van der Waals surface area contributed by atoms with Crippen molar-refractivity contribution in [1.29, 1.82) is 0 Å².